The molecule has 2 saturated heterocycles. The van der Waals surface area contributed by atoms with Gasteiger partial charge in [0.05, 0.1) is 0 Å². The Morgan fingerprint density at radius 3 is 2.82 bits per heavy atom. The summed E-state index contributed by atoms with van der Waals surface area (Å²) in [5.74, 6) is 0. The maximum Gasteiger partial charge on any atom is 0.0218 e. The van der Waals surface area contributed by atoms with Crippen LogP contribution in [0.4, 0.5) is 0 Å². The maximum atomic E-state index is 3.56. The van der Waals surface area contributed by atoms with Crippen LogP contribution >= 0.6 is 0 Å². The molecule has 2 aliphatic rings. The topological polar surface area (TPSA) is 18.5 Å². The van der Waals surface area contributed by atoms with Gasteiger partial charge < -0.3 is 10.2 Å². The van der Waals surface area contributed by atoms with Crippen molar-refractivity contribution in [2.75, 3.05) is 46.3 Å². The summed E-state index contributed by atoms with van der Waals surface area (Å²) in [5, 5.41) is 3.56. The van der Waals surface area contributed by atoms with Crippen molar-refractivity contribution >= 4 is 0 Å². The van der Waals surface area contributed by atoms with E-state index in [1.165, 1.54) is 58.5 Å². The highest BCUT2D eigenvalue weighted by molar-refractivity contribution is 4.87. The third-order valence-corrected chi connectivity index (χ3v) is 4.62. The lowest BCUT2D eigenvalue weighted by Crippen LogP contribution is -2.55. The third-order valence-electron chi connectivity index (χ3n) is 4.62. The van der Waals surface area contributed by atoms with Gasteiger partial charge in [0.25, 0.3) is 0 Å². The number of piperidine rings is 1. The average molecular weight is 239 g/mol. The van der Waals surface area contributed by atoms with Gasteiger partial charge in [0.1, 0.15) is 0 Å². The zero-order valence-corrected chi connectivity index (χ0v) is 11.8. The lowest BCUT2D eigenvalue weighted by Gasteiger charge is -2.44. The molecule has 1 N–H and O–H groups in total. The van der Waals surface area contributed by atoms with Gasteiger partial charge in [-0.15, -0.1) is 0 Å². The lowest BCUT2D eigenvalue weighted by atomic mass is 9.82. The SMILES string of the molecule is CCC1CN(CC2(C)CCCNC2)CCN1C. The van der Waals surface area contributed by atoms with E-state index in [1.54, 1.807) is 0 Å². The van der Waals surface area contributed by atoms with Gasteiger partial charge >= 0.3 is 0 Å². The van der Waals surface area contributed by atoms with Crippen molar-refractivity contribution in [3.63, 3.8) is 0 Å². The summed E-state index contributed by atoms with van der Waals surface area (Å²) in [5.41, 5.74) is 0.506. The Morgan fingerprint density at radius 2 is 2.18 bits per heavy atom. The number of rotatable bonds is 3. The normalized spacial score (nSPS) is 37.2. The van der Waals surface area contributed by atoms with Gasteiger partial charge in [0, 0.05) is 38.8 Å². The summed E-state index contributed by atoms with van der Waals surface area (Å²) < 4.78 is 0. The van der Waals surface area contributed by atoms with Gasteiger partial charge in [0.2, 0.25) is 0 Å². The molecule has 0 aromatic heterocycles. The molecule has 0 spiro atoms. The minimum Gasteiger partial charge on any atom is -0.316 e. The Kier molecular flexibility index (Phi) is 4.45. The van der Waals surface area contributed by atoms with Crippen LogP contribution in [-0.2, 0) is 0 Å². The summed E-state index contributed by atoms with van der Waals surface area (Å²) in [6.07, 6.45) is 4.02. The molecule has 2 fully saturated rings. The molecular formula is C14H29N3. The molecule has 0 bridgehead atoms. The fourth-order valence-corrected chi connectivity index (χ4v) is 3.39. The first-order valence-corrected chi connectivity index (χ1v) is 7.26. The minimum absolute atomic E-state index is 0.506. The average Bonchev–Trinajstić information content (AvgIpc) is 2.32. The van der Waals surface area contributed by atoms with Crippen molar-refractivity contribution in [1.82, 2.24) is 15.1 Å². The van der Waals surface area contributed by atoms with Gasteiger partial charge in [-0.2, -0.15) is 0 Å². The van der Waals surface area contributed by atoms with Gasteiger partial charge in [-0.25, -0.2) is 0 Å². The van der Waals surface area contributed by atoms with Gasteiger partial charge in [-0.1, -0.05) is 13.8 Å². The molecule has 0 saturated carbocycles. The summed E-state index contributed by atoms with van der Waals surface area (Å²) in [6.45, 7) is 12.2. The summed E-state index contributed by atoms with van der Waals surface area (Å²) >= 11 is 0. The molecule has 0 aliphatic carbocycles. The fraction of sp³-hybridized carbons (Fsp3) is 1.00. The van der Waals surface area contributed by atoms with Crippen LogP contribution < -0.4 is 5.32 Å². The molecule has 0 aromatic carbocycles. The second-order valence-corrected chi connectivity index (χ2v) is 6.37. The lowest BCUT2D eigenvalue weighted by molar-refractivity contribution is 0.0530. The van der Waals surface area contributed by atoms with E-state index in [4.69, 9.17) is 0 Å². The molecule has 17 heavy (non-hydrogen) atoms. The third kappa shape index (κ3) is 3.43. The van der Waals surface area contributed by atoms with Crippen molar-refractivity contribution in [3.8, 4) is 0 Å². The molecular weight excluding hydrogens is 210 g/mol. The molecule has 2 aliphatic heterocycles. The highest BCUT2D eigenvalue weighted by Gasteiger charge is 2.31. The molecule has 2 heterocycles. The van der Waals surface area contributed by atoms with Crippen LogP contribution in [0, 0.1) is 5.41 Å². The Hall–Kier alpha value is -0.120. The first kappa shape index (κ1) is 13.3. The summed E-state index contributed by atoms with van der Waals surface area (Å²) in [7, 11) is 2.27. The van der Waals surface area contributed by atoms with E-state index in [-0.39, 0.29) is 0 Å². The van der Waals surface area contributed by atoms with Gasteiger partial charge in [-0.3, -0.25) is 4.90 Å². The van der Waals surface area contributed by atoms with Crippen LogP contribution in [0.1, 0.15) is 33.1 Å². The van der Waals surface area contributed by atoms with Crippen LogP contribution in [0.2, 0.25) is 0 Å². The van der Waals surface area contributed by atoms with Crippen LogP contribution in [0.5, 0.6) is 0 Å². The molecule has 0 radical (unpaired) electrons. The predicted octanol–water partition coefficient (Wildman–Crippen LogP) is 1.40. The second kappa shape index (κ2) is 5.68. The maximum absolute atomic E-state index is 3.56. The standard InChI is InChI=1S/C14H29N3/c1-4-13-10-17(9-8-16(13)3)12-14(2)6-5-7-15-11-14/h13,15H,4-12H2,1-3H3. The molecule has 3 heteroatoms. The van der Waals surface area contributed by atoms with E-state index in [2.05, 4.69) is 36.0 Å². The van der Waals surface area contributed by atoms with Crippen molar-refractivity contribution in [1.29, 1.82) is 0 Å². The van der Waals surface area contributed by atoms with E-state index in [1.807, 2.05) is 0 Å². The molecule has 2 unspecified atom stereocenters. The van der Waals surface area contributed by atoms with Crippen LogP contribution in [-0.4, -0.2) is 62.2 Å². The number of nitrogens with one attached hydrogen (secondary N) is 1. The van der Waals surface area contributed by atoms with E-state index >= 15 is 0 Å². The summed E-state index contributed by atoms with van der Waals surface area (Å²) in [4.78, 5) is 5.22. The van der Waals surface area contributed by atoms with Crippen LogP contribution in [0.15, 0.2) is 0 Å². The minimum atomic E-state index is 0.506. The summed E-state index contributed by atoms with van der Waals surface area (Å²) in [6, 6.07) is 0.767. The van der Waals surface area contributed by atoms with Crippen molar-refractivity contribution in [2.45, 2.75) is 39.2 Å². The molecule has 0 amide bonds. The van der Waals surface area contributed by atoms with Crippen LogP contribution in [0.3, 0.4) is 0 Å². The largest absolute Gasteiger partial charge is 0.316 e. The zero-order chi connectivity index (χ0) is 12.3. The first-order valence-electron chi connectivity index (χ1n) is 7.26. The number of likely N-dealkylation sites (N-methyl/N-ethyl adjacent to an activating group) is 1. The quantitative estimate of drug-likeness (QED) is 0.803. The Bertz CT molecular complexity index is 236. The Morgan fingerprint density at radius 1 is 1.35 bits per heavy atom. The molecule has 100 valence electrons. The smallest absolute Gasteiger partial charge is 0.0218 e. The van der Waals surface area contributed by atoms with E-state index in [0.29, 0.717) is 5.41 Å². The molecule has 2 rings (SSSR count). The Labute approximate surface area is 107 Å². The first-order chi connectivity index (χ1) is 8.13. The number of hydrogen-bond acceptors (Lipinski definition) is 3. The van der Waals surface area contributed by atoms with Gasteiger partial charge in [0.15, 0.2) is 0 Å². The zero-order valence-electron chi connectivity index (χ0n) is 11.8. The second-order valence-electron chi connectivity index (χ2n) is 6.37. The van der Waals surface area contributed by atoms with Crippen molar-refractivity contribution < 1.29 is 0 Å². The number of piperazine rings is 1. The van der Waals surface area contributed by atoms with Crippen LogP contribution in [0.25, 0.3) is 0 Å². The molecule has 2 atom stereocenters. The van der Waals surface area contributed by atoms with E-state index in [9.17, 15) is 0 Å². The molecule has 0 aromatic rings. The van der Waals surface area contributed by atoms with E-state index in [0.717, 1.165) is 6.04 Å². The highest BCUT2D eigenvalue weighted by Crippen LogP contribution is 2.27. The Balaban J connectivity index is 1.86. The van der Waals surface area contributed by atoms with Crippen molar-refractivity contribution in [2.24, 2.45) is 5.41 Å². The fourth-order valence-electron chi connectivity index (χ4n) is 3.39. The van der Waals surface area contributed by atoms with E-state index < -0.39 is 0 Å². The number of nitrogens with zero attached hydrogens (tertiary/aromatic N) is 2. The monoisotopic (exact) mass is 239 g/mol. The number of hydrogen-bond donors (Lipinski definition) is 1. The van der Waals surface area contributed by atoms with Crippen molar-refractivity contribution in [3.05, 3.63) is 0 Å². The highest BCUT2D eigenvalue weighted by atomic mass is 15.3. The predicted molar refractivity (Wildman–Crippen MR) is 73.4 cm³/mol. The molecule has 3 nitrogen and oxygen atoms in total. The van der Waals surface area contributed by atoms with Gasteiger partial charge in [-0.05, 0) is 38.3 Å².